The second kappa shape index (κ2) is 15.0. The van der Waals surface area contributed by atoms with Crippen molar-refractivity contribution in [3.63, 3.8) is 0 Å². The predicted octanol–water partition coefficient (Wildman–Crippen LogP) is 8.16. The summed E-state index contributed by atoms with van der Waals surface area (Å²) >= 11 is -0.556. The maximum atomic E-state index is 10.7. The van der Waals surface area contributed by atoms with Gasteiger partial charge in [-0.25, -0.2) is 0 Å². The van der Waals surface area contributed by atoms with Gasteiger partial charge in [-0.1, -0.05) is 97.8 Å². The number of benzene rings is 4. The van der Waals surface area contributed by atoms with Crippen LogP contribution in [0.15, 0.2) is 119 Å². The Morgan fingerprint density at radius 1 is 0.564 bits per heavy atom. The van der Waals surface area contributed by atoms with Crippen LogP contribution in [0.5, 0.6) is 11.5 Å². The Balaban J connectivity index is 0.00000112. The molecule has 1 aliphatic rings. The molecule has 4 aromatic rings. The van der Waals surface area contributed by atoms with Gasteiger partial charge in [0, 0.05) is 22.3 Å². The van der Waals surface area contributed by atoms with Gasteiger partial charge in [0.2, 0.25) is 0 Å². The van der Waals surface area contributed by atoms with Crippen LogP contribution >= 0.6 is 18.6 Å². The van der Waals surface area contributed by atoms with Crippen LogP contribution < -0.4 is 0 Å². The van der Waals surface area contributed by atoms with Crippen LogP contribution in [0.4, 0.5) is 0 Å². The summed E-state index contributed by atoms with van der Waals surface area (Å²) in [7, 11) is 9.78. The van der Waals surface area contributed by atoms with Crippen LogP contribution in [-0.4, -0.2) is 33.7 Å². The molecule has 2 N–H and O–H groups in total. The zero-order chi connectivity index (χ0) is 27.5. The third kappa shape index (κ3) is 7.83. The van der Waals surface area contributed by atoms with Crippen molar-refractivity contribution in [3.8, 4) is 11.5 Å². The predicted molar refractivity (Wildman–Crippen MR) is 158 cm³/mol. The van der Waals surface area contributed by atoms with E-state index in [2.05, 4.69) is 0 Å². The van der Waals surface area contributed by atoms with E-state index in [4.69, 9.17) is 28.6 Å². The van der Waals surface area contributed by atoms with Crippen molar-refractivity contribution >= 4 is 30.0 Å². The summed E-state index contributed by atoms with van der Waals surface area (Å²) in [4.78, 5) is 10.5. The van der Waals surface area contributed by atoms with Crippen LogP contribution in [0.1, 0.15) is 47.9 Å². The summed E-state index contributed by atoms with van der Waals surface area (Å²) in [5, 5.41) is 21.3. The molecule has 0 aliphatic heterocycles. The summed E-state index contributed by atoms with van der Waals surface area (Å²) in [6.07, 6.45) is 4.00. The summed E-state index contributed by atoms with van der Waals surface area (Å²) in [5.74, 6) is 0.435. The summed E-state index contributed by atoms with van der Waals surface area (Å²) in [5.41, 5.74) is 4.95. The molecule has 2 atom stereocenters. The number of halogens is 2. The number of aliphatic imine (C=N–C) groups is 2. The molecule has 0 amide bonds. The van der Waals surface area contributed by atoms with Gasteiger partial charge in [-0.2, -0.15) is 0 Å². The van der Waals surface area contributed by atoms with Crippen molar-refractivity contribution < 1.29 is 27.2 Å². The van der Waals surface area contributed by atoms with E-state index in [0.29, 0.717) is 0 Å². The quantitative estimate of drug-likeness (QED) is 0.175. The summed E-state index contributed by atoms with van der Waals surface area (Å²) in [6.45, 7) is 0. The van der Waals surface area contributed by atoms with Crippen molar-refractivity contribution in [2.24, 2.45) is 9.98 Å². The Morgan fingerprint density at radius 2 is 0.897 bits per heavy atom. The first-order chi connectivity index (χ1) is 19.1. The third-order valence-electron chi connectivity index (χ3n) is 6.70. The van der Waals surface area contributed by atoms with Crippen molar-refractivity contribution in [1.82, 2.24) is 0 Å². The Morgan fingerprint density at radius 3 is 1.26 bits per heavy atom. The number of phenolic OH excluding ortho intramolecular Hbond substituents is 2. The van der Waals surface area contributed by atoms with Crippen molar-refractivity contribution in [3.05, 3.63) is 131 Å². The number of para-hydroxylation sites is 2. The van der Waals surface area contributed by atoms with E-state index in [0.717, 1.165) is 59.4 Å². The van der Waals surface area contributed by atoms with E-state index in [1.165, 1.54) is 0 Å². The van der Waals surface area contributed by atoms with Crippen molar-refractivity contribution in [1.29, 1.82) is 0 Å². The van der Waals surface area contributed by atoms with Gasteiger partial charge < -0.3 is 10.2 Å². The molecule has 5 rings (SSSR count). The van der Waals surface area contributed by atoms with E-state index in [9.17, 15) is 10.2 Å². The van der Waals surface area contributed by atoms with Crippen LogP contribution in [0.25, 0.3) is 0 Å². The van der Waals surface area contributed by atoms with Gasteiger partial charge >= 0.3 is 35.6 Å². The molecule has 39 heavy (non-hydrogen) atoms. The first-order valence-electron chi connectivity index (χ1n) is 12.9. The van der Waals surface area contributed by atoms with Crippen LogP contribution in [0.3, 0.4) is 0 Å². The van der Waals surface area contributed by atoms with Crippen molar-refractivity contribution in [2.75, 3.05) is 0 Å². The zero-order valence-corrected chi connectivity index (χ0v) is 24.5. The fourth-order valence-electron chi connectivity index (χ4n) is 4.86. The Labute approximate surface area is 246 Å². The standard InChI is InChI=1S/C32H30N2O2.2ClH.Ti/c35-29-21-11-7-17-25(29)31(23-13-3-1-4-14-23)33-27-19-9-10-20-28(27)34-32(24-15-5-2-6-16-24)26-18-8-12-22-30(26)36;;;/h1-8,11-18,21-22,27-28,35-36H,9-10,19-20H2;2*1H;/q;;;+2/p-2. The molecule has 2 unspecified atom stereocenters. The second-order valence-corrected chi connectivity index (χ2v) is 11.8. The van der Waals surface area contributed by atoms with Crippen LogP contribution in [0, 0.1) is 0 Å². The normalized spacial score (nSPS) is 17.6. The van der Waals surface area contributed by atoms with E-state index in [1.807, 2.05) is 97.1 Å². The molecule has 0 saturated heterocycles. The van der Waals surface area contributed by atoms with Gasteiger partial charge in [0.1, 0.15) is 11.5 Å². The van der Waals surface area contributed by atoms with Crippen molar-refractivity contribution in [2.45, 2.75) is 37.8 Å². The number of hydrogen-bond acceptors (Lipinski definition) is 4. The number of rotatable bonds is 6. The molecular weight excluding hydrogens is 563 g/mol. The Hall–Kier alpha value is -2.89. The molecule has 7 heteroatoms. The molecule has 0 radical (unpaired) electrons. The fraction of sp³-hybridized carbons (Fsp3) is 0.188. The van der Waals surface area contributed by atoms with Crippen LogP contribution in [-0.2, 0) is 17.0 Å². The van der Waals surface area contributed by atoms with E-state index in [1.54, 1.807) is 12.1 Å². The van der Waals surface area contributed by atoms with Gasteiger partial charge in [-0.05, 0) is 37.1 Å². The zero-order valence-electron chi connectivity index (χ0n) is 21.4. The Kier molecular flexibility index (Phi) is 11.2. The molecule has 0 aromatic heterocycles. The van der Waals surface area contributed by atoms with E-state index >= 15 is 0 Å². The van der Waals surface area contributed by atoms with E-state index in [-0.39, 0.29) is 23.6 Å². The van der Waals surface area contributed by atoms with Crippen LogP contribution in [0.2, 0.25) is 0 Å². The van der Waals surface area contributed by atoms with Gasteiger partial charge in [0.15, 0.2) is 0 Å². The SMILES string of the molecule is Oc1ccccc1C(=NC1CCCCC1N=C(c1ccccc1)c1ccccc1O)c1ccccc1.[Cl][Ti][Cl]. The number of hydrogen-bond donors (Lipinski definition) is 2. The molecule has 1 fully saturated rings. The average molecular weight is 593 g/mol. The fourth-order valence-corrected chi connectivity index (χ4v) is 4.86. The minimum absolute atomic E-state index is 0.0434. The van der Waals surface area contributed by atoms with E-state index < -0.39 is 17.0 Å². The molecule has 1 saturated carbocycles. The molecule has 4 aromatic carbocycles. The number of phenols is 2. The Bertz CT molecular complexity index is 1290. The molecule has 1 aliphatic carbocycles. The summed E-state index contributed by atoms with van der Waals surface area (Å²) < 4.78 is 0. The monoisotopic (exact) mass is 592 g/mol. The molecule has 0 spiro atoms. The molecule has 198 valence electrons. The average Bonchev–Trinajstić information content (AvgIpc) is 2.97. The van der Waals surface area contributed by atoms with Gasteiger partial charge in [0.25, 0.3) is 0 Å². The first kappa shape index (κ1) is 29.1. The van der Waals surface area contributed by atoms with Gasteiger partial charge in [0.05, 0.1) is 23.5 Å². The minimum atomic E-state index is -0.556. The number of nitrogens with zero attached hydrogens (tertiary/aromatic N) is 2. The number of aromatic hydroxyl groups is 2. The maximum absolute atomic E-state index is 10.7. The van der Waals surface area contributed by atoms with Gasteiger partial charge in [-0.3, -0.25) is 9.98 Å². The molecule has 4 nitrogen and oxygen atoms in total. The summed E-state index contributed by atoms with van der Waals surface area (Å²) in [6, 6.07) is 34.7. The molecular formula is C32H30Cl2N2O2Ti. The second-order valence-electron chi connectivity index (χ2n) is 9.21. The topological polar surface area (TPSA) is 65.2 Å². The first-order valence-corrected chi connectivity index (χ1v) is 17.2. The third-order valence-corrected chi connectivity index (χ3v) is 6.70. The molecule has 0 bridgehead atoms. The van der Waals surface area contributed by atoms with Gasteiger partial charge in [-0.15, -0.1) is 0 Å². The molecule has 0 heterocycles.